The van der Waals surface area contributed by atoms with Gasteiger partial charge in [-0.3, -0.25) is 0 Å². The number of rotatable bonds is 3. The van der Waals surface area contributed by atoms with Gasteiger partial charge in [-0.1, -0.05) is 6.08 Å². The Bertz CT molecular complexity index is 36.5. The van der Waals surface area contributed by atoms with Crippen LogP contribution in [0, 0.1) is 0 Å². The van der Waals surface area contributed by atoms with Crippen molar-refractivity contribution in [3.05, 3.63) is 12.7 Å². The molecular formula is C4H10BN. The molecule has 0 fully saturated rings. The molecule has 0 rings (SSSR count). The van der Waals surface area contributed by atoms with Gasteiger partial charge in [-0.05, 0) is 13.0 Å². The third-order valence-electron chi connectivity index (χ3n) is 0.598. The van der Waals surface area contributed by atoms with Crippen LogP contribution in [0.25, 0.3) is 0 Å². The molecule has 34 valence electrons. The van der Waals surface area contributed by atoms with Gasteiger partial charge in [0.2, 0.25) is 0 Å². The van der Waals surface area contributed by atoms with Gasteiger partial charge in [0.15, 0.2) is 7.98 Å². The standard InChI is InChI=1S/C4H10BN/c1-2-3-4-6-5/h2,6H,1,3-5H2. The van der Waals surface area contributed by atoms with Crippen LogP contribution in [-0.2, 0) is 0 Å². The zero-order valence-electron chi connectivity index (χ0n) is 4.20. The molecule has 1 N–H and O–H groups in total. The zero-order valence-corrected chi connectivity index (χ0v) is 4.20. The molecule has 0 saturated carbocycles. The quantitative estimate of drug-likeness (QED) is 0.280. The summed E-state index contributed by atoms with van der Waals surface area (Å²) in [5, 5.41) is 3.00. The normalized spacial score (nSPS) is 8.00. The average molecular weight is 82.9 g/mol. The van der Waals surface area contributed by atoms with Crippen LogP contribution < -0.4 is 5.23 Å². The molecule has 0 unspecified atom stereocenters. The van der Waals surface area contributed by atoms with Gasteiger partial charge in [-0.2, -0.15) is 0 Å². The first-order chi connectivity index (χ1) is 2.91. The second-order valence-corrected chi connectivity index (χ2v) is 1.18. The van der Waals surface area contributed by atoms with Crippen molar-refractivity contribution in [3.63, 3.8) is 0 Å². The lowest BCUT2D eigenvalue weighted by Crippen LogP contribution is -2.07. The summed E-state index contributed by atoms with van der Waals surface area (Å²) in [5.74, 6) is 0. The topological polar surface area (TPSA) is 12.0 Å². The van der Waals surface area contributed by atoms with Gasteiger partial charge in [0.05, 0.1) is 0 Å². The van der Waals surface area contributed by atoms with Gasteiger partial charge in [0.1, 0.15) is 0 Å². The van der Waals surface area contributed by atoms with E-state index >= 15 is 0 Å². The third kappa shape index (κ3) is 3.76. The molecule has 0 aliphatic carbocycles. The highest BCUT2D eigenvalue weighted by Crippen LogP contribution is 1.70. The van der Waals surface area contributed by atoms with Crippen molar-refractivity contribution in [2.45, 2.75) is 6.42 Å². The molecule has 6 heavy (non-hydrogen) atoms. The Morgan fingerprint density at radius 1 is 1.83 bits per heavy atom. The fourth-order valence-corrected chi connectivity index (χ4v) is 0.246. The third-order valence-corrected chi connectivity index (χ3v) is 0.598. The Kier molecular flexibility index (Phi) is 4.58. The predicted octanol–water partition coefficient (Wildman–Crippen LogP) is -0.300. The SMILES string of the molecule is BNCCC=C. The van der Waals surface area contributed by atoms with E-state index in [-0.39, 0.29) is 0 Å². The molecule has 0 aliphatic rings. The summed E-state index contributed by atoms with van der Waals surface area (Å²) in [5.41, 5.74) is 0. The van der Waals surface area contributed by atoms with E-state index in [1.54, 1.807) is 0 Å². The summed E-state index contributed by atoms with van der Waals surface area (Å²) in [6.45, 7) is 4.60. The lowest BCUT2D eigenvalue weighted by molar-refractivity contribution is 0.928. The van der Waals surface area contributed by atoms with Gasteiger partial charge in [-0.25, -0.2) is 0 Å². The van der Waals surface area contributed by atoms with Crippen LogP contribution in [-0.4, -0.2) is 14.5 Å². The first kappa shape index (κ1) is 5.76. The minimum Gasteiger partial charge on any atom is -0.362 e. The van der Waals surface area contributed by atoms with Crippen molar-refractivity contribution >= 4 is 7.98 Å². The van der Waals surface area contributed by atoms with Gasteiger partial charge >= 0.3 is 0 Å². The van der Waals surface area contributed by atoms with E-state index in [1.165, 1.54) is 0 Å². The number of hydrogen-bond acceptors (Lipinski definition) is 1. The van der Waals surface area contributed by atoms with Crippen LogP contribution in [0.3, 0.4) is 0 Å². The molecule has 0 saturated heterocycles. The molecule has 2 heteroatoms. The Morgan fingerprint density at radius 3 is 2.67 bits per heavy atom. The monoisotopic (exact) mass is 83.1 g/mol. The fourth-order valence-electron chi connectivity index (χ4n) is 0.246. The maximum Gasteiger partial charge on any atom is 0.181 e. The van der Waals surface area contributed by atoms with Crippen molar-refractivity contribution < 1.29 is 0 Å². The van der Waals surface area contributed by atoms with Crippen LogP contribution in [0.4, 0.5) is 0 Å². The maximum absolute atomic E-state index is 3.56. The molecule has 0 aromatic carbocycles. The number of hydrogen-bond donors (Lipinski definition) is 1. The highest BCUT2D eigenvalue weighted by Gasteiger charge is 1.68. The Labute approximate surface area is 39.9 Å². The Morgan fingerprint density at radius 2 is 2.50 bits per heavy atom. The van der Waals surface area contributed by atoms with E-state index in [0.29, 0.717) is 0 Å². The Balaban J connectivity index is 2.49. The van der Waals surface area contributed by atoms with Crippen LogP contribution in [0.5, 0.6) is 0 Å². The van der Waals surface area contributed by atoms with Crippen molar-refractivity contribution in [2.75, 3.05) is 6.54 Å². The molecular weight excluding hydrogens is 72.9 g/mol. The van der Waals surface area contributed by atoms with Crippen LogP contribution in [0.15, 0.2) is 12.7 Å². The number of nitrogens with one attached hydrogen (secondary N) is 1. The van der Waals surface area contributed by atoms with E-state index in [9.17, 15) is 0 Å². The molecule has 0 amide bonds. The summed E-state index contributed by atoms with van der Waals surface area (Å²) in [6, 6.07) is 0. The summed E-state index contributed by atoms with van der Waals surface area (Å²) in [7, 11) is 1.93. The molecule has 0 bridgehead atoms. The van der Waals surface area contributed by atoms with E-state index in [1.807, 2.05) is 14.1 Å². The summed E-state index contributed by atoms with van der Waals surface area (Å²) >= 11 is 0. The van der Waals surface area contributed by atoms with Gasteiger partial charge < -0.3 is 5.23 Å². The zero-order chi connectivity index (χ0) is 4.83. The van der Waals surface area contributed by atoms with Crippen LogP contribution in [0.1, 0.15) is 6.42 Å². The largest absolute Gasteiger partial charge is 0.362 e. The van der Waals surface area contributed by atoms with Crippen molar-refractivity contribution in [1.29, 1.82) is 0 Å². The van der Waals surface area contributed by atoms with Crippen LogP contribution in [0.2, 0.25) is 0 Å². The molecule has 0 spiro atoms. The predicted molar refractivity (Wildman–Crippen MR) is 31.4 cm³/mol. The summed E-state index contributed by atoms with van der Waals surface area (Å²) in [4.78, 5) is 0. The molecule has 0 aromatic heterocycles. The van der Waals surface area contributed by atoms with Crippen molar-refractivity contribution in [2.24, 2.45) is 0 Å². The Hall–Kier alpha value is -0.235. The van der Waals surface area contributed by atoms with Crippen molar-refractivity contribution in [1.82, 2.24) is 5.23 Å². The van der Waals surface area contributed by atoms with E-state index in [4.69, 9.17) is 0 Å². The van der Waals surface area contributed by atoms with Gasteiger partial charge in [-0.15, -0.1) is 6.58 Å². The minimum absolute atomic E-state index is 1.05. The minimum atomic E-state index is 1.05. The molecule has 0 aliphatic heterocycles. The van der Waals surface area contributed by atoms with Crippen LogP contribution >= 0.6 is 0 Å². The molecule has 0 radical (unpaired) electrons. The first-order valence-corrected chi connectivity index (χ1v) is 2.17. The van der Waals surface area contributed by atoms with Gasteiger partial charge in [0, 0.05) is 0 Å². The maximum atomic E-state index is 3.56. The second-order valence-electron chi connectivity index (χ2n) is 1.18. The molecule has 0 atom stereocenters. The smallest absolute Gasteiger partial charge is 0.181 e. The summed E-state index contributed by atoms with van der Waals surface area (Å²) < 4.78 is 0. The molecule has 1 nitrogen and oxygen atoms in total. The second kappa shape index (κ2) is 4.76. The van der Waals surface area contributed by atoms with E-state index < -0.39 is 0 Å². The summed E-state index contributed by atoms with van der Waals surface area (Å²) in [6.07, 6.45) is 2.97. The van der Waals surface area contributed by atoms with Crippen molar-refractivity contribution in [3.8, 4) is 0 Å². The first-order valence-electron chi connectivity index (χ1n) is 2.17. The highest BCUT2D eigenvalue weighted by atomic mass is 14.7. The van der Waals surface area contributed by atoms with E-state index in [0.717, 1.165) is 13.0 Å². The fraction of sp³-hybridized carbons (Fsp3) is 0.500. The van der Waals surface area contributed by atoms with E-state index in [2.05, 4.69) is 11.8 Å². The molecule has 0 heterocycles. The lowest BCUT2D eigenvalue weighted by atomic mass is 10.3. The molecule has 0 aromatic rings. The van der Waals surface area contributed by atoms with Gasteiger partial charge in [0.25, 0.3) is 0 Å². The average Bonchev–Trinajstić information content (AvgIpc) is 1.61. The lowest BCUT2D eigenvalue weighted by Gasteiger charge is -1.86. The highest BCUT2D eigenvalue weighted by molar-refractivity contribution is 6.04.